The molecule has 0 unspecified atom stereocenters. The summed E-state index contributed by atoms with van der Waals surface area (Å²) in [5.74, 6) is 0.712. The molecule has 0 aliphatic carbocycles. The molecule has 0 fully saturated rings. The summed E-state index contributed by atoms with van der Waals surface area (Å²) in [6, 6.07) is 5.56. The topological polar surface area (TPSA) is 48.1 Å². The lowest BCUT2D eigenvalue weighted by Crippen LogP contribution is -1.93. The van der Waals surface area contributed by atoms with E-state index in [1.807, 2.05) is 18.2 Å². The highest BCUT2D eigenvalue weighted by atomic mass is 35.5. The summed E-state index contributed by atoms with van der Waals surface area (Å²) in [7, 11) is 1.60. The summed E-state index contributed by atoms with van der Waals surface area (Å²) in [4.78, 5) is 3.97. The molecule has 1 heterocycles. The Morgan fingerprint density at radius 1 is 1.43 bits per heavy atom. The minimum absolute atomic E-state index is 0.438. The van der Waals surface area contributed by atoms with Crippen LogP contribution >= 0.6 is 11.6 Å². The molecule has 0 atom stereocenters. The molecule has 1 aromatic carbocycles. The van der Waals surface area contributed by atoms with E-state index in [4.69, 9.17) is 22.1 Å². The number of anilines is 1. The molecule has 2 rings (SSSR count). The number of halogens is 1. The molecule has 0 saturated heterocycles. The van der Waals surface area contributed by atoms with Gasteiger partial charge in [-0.25, -0.2) is 4.98 Å². The molecule has 2 N–H and O–H groups in total. The van der Waals surface area contributed by atoms with Gasteiger partial charge in [-0.3, -0.25) is 0 Å². The molecule has 72 valence electrons. The molecule has 14 heavy (non-hydrogen) atoms. The van der Waals surface area contributed by atoms with Gasteiger partial charge in [0.05, 0.1) is 24.4 Å². The maximum absolute atomic E-state index is 5.94. The van der Waals surface area contributed by atoms with Gasteiger partial charge in [0.25, 0.3) is 0 Å². The highest BCUT2D eigenvalue weighted by Crippen LogP contribution is 2.33. The lowest BCUT2D eigenvalue weighted by atomic mass is 10.1. The summed E-state index contributed by atoms with van der Waals surface area (Å²) >= 11 is 5.94. The molecule has 0 spiro atoms. The second-order valence-corrected chi connectivity index (χ2v) is 3.25. The Morgan fingerprint density at radius 2 is 2.21 bits per heavy atom. The van der Waals surface area contributed by atoms with Crippen LogP contribution in [0, 0.1) is 0 Å². The molecular formula is C10H9ClN2O. The van der Waals surface area contributed by atoms with Crippen LogP contribution in [0.2, 0.25) is 5.15 Å². The molecular weight excluding hydrogens is 200 g/mol. The van der Waals surface area contributed by atoms with Crippen LogP contribution < -0.4 is 10.5 Å². The predicted octanol–water partition coefficient (Wildman–Crippen LogP) is 2.48. The van der Waals surface area contributed by atoms with Crippen molar-refractivity contribution in [1.82, 2.24) is 4.98 Å². The van der Waals surface area contributed by atoms with Crippen molar-refractivity contribution in [3.63, 3.8) is 0 Å². The van der Waals surface area contributed by atoms with Crippen molar-refractivity contribution >= 4 is 28.1 Å². The fourth-order valence-corrected chi connectivity index (χ4v) is 1.64. The maximum Gasteiger partial charge on any atom is 0.137 e. The number of nitrogens with two attached hydrogens (primary N) is 1. The number of nitrogen functional groups attached to an aromatic ring is 1. The Morgan fingerprint density at radius 3 is 2.93 bits per heavy atom. The first-order valence-corrected chi connectivity index (χ1v) is 4.48. The first kappa shape index (κ1) is 9.09. The third kappa shape index (κ3) is 1.26. The minimum Gasteiger partial charge on any atom is -0.496 e. The lowest BCUT2D eigenvalue weighted by molar-refractivity contribution is 0.420. The predicted molar refractivity (Wildman–Crippen MR) is 57.7 cm³/mol. The van der Waals surface area contributed by atoms with Crippen LogP contribution in [0.5, 0.6) is 5.75 Å². The monoisotopic (exact) mass is 208 g/mol. The maximum atomic E-state index is 5.94. The van der Waals surface area contributed by atoms with Gasteiger partial charge in [0.2, 0.25) is 0 Å². The standard InChI is InChI=1S/C10H9ClN2O/c1-14-8-4-2-3-6-9(8)7(12)5-13-10(6)11/h2-5H,12H2,1H3. The van der Waals surface area contributed by atoms with Gasteiger partial charge in [0, 0.05) is 5.39 Å². The summed E-state index contributed by atoms with van der Waals surface area (Å²) in [5.41, 5.74) is 6.37. The molecule has 1 aromatic heterocycles. The minimum atomic E-state index is 0.438. The van der Waals surface area contributed by atoms with Crippen molar-refractivity contribution in [2.75, 3.05) is 12.8 Å². The number of pyridine rings is 1. The van der Waals surface area contributed by atoms with E-state index in [0.717, 1.165) is 10.8 Å². The fourth-order valence-electron chi connectivity index (χ4n) is 1.43. The van der Waals surface area contributed by atoms with E-state index in [9.17, 15) is 0 Å². The van der Waals surface area contributed by atoms with Crippen LogP contribution in [-0.2, 0) is 0 Å². The average molecular weight is 209 g/mol. The number of hydrogen-bond donors (Lipinski definition) is 1. The number of methoxy groups -OCH3 is 1. The number of benzene rings is 1. The SMILES string of the molecule is COc1cccc2c(Cl)ncc(N)c12. The van der Waals surface area contributed by atoms with Gasteiger partial charge in [-0.1, -0.05) is 23.7 Å². The average Bonchev–Trinajstić information content (AvgIpc) is 2.23. The van der Waals surface area contributed by atoms with Crippen LogP contribution in [0.4, 0.5) is 5.69 Å². The second kappa shape index (κ2) is 3.35. The molecule has 3 nitrogen and oxygen atoms in total. The Hall–Kier alpha value is -1.48. The second-order valence-electron chi connectivity index (χ2n) is 2.89. The molecule has 0 saturated carbocycles. The van der Waals surface area contributed by atoms with E-state index in [1.165, 1.54) is 6.20 Å². The highest BCUT2D eigenvalue weighted by Gasteiger charge is 2.07. The normalized spacial score (nSPS) is 10.4. The summed E-state index contributed by atoms with van der Waals surface area (Å²) < 4.78 is 5.20. The summed E-state index contributed by atoms with van der Waals surface area (Å²) in [6.07, 6.45) is 1.53. The zero-order valence-electron chi connectivity index (χ0n) is 7.62. The van der Waals surface area contributed by atoms with Crippen molar-refractivity contribution in [2.45, 2.75) is 0 Å². The number of fused-ring (bicyclic) bond motifs is 1. The summed E-state index contributed by atoms with van der Waals surface area (Å²) in [5, 5.41) is 2.06. The van der Waals surface area contributed by atoms with Crippen LogP contribution in [0.3, 0.4) is 0 Å². The zero-order valence-corrected chi connectivity index (χ0v) is 8.38. The van der Waals surface area contributed by atoms with Crippen molar-refractivity contribution in [1.29, 1.82) is 0 Å². The zero-order chi connectivity index (χ0) is 10.1. The van der Waals surface area contributed by atoms with Crippen molar-refractivity contribution in [2.24, 2.45) is 0 Å². The third-order valence-electron chi connectivity index (χ3n) is 2.07. The fraction of sp³-hybridized carbons (Fsp3) is 0.100. The smallest absolute Gasteiger partial charge is 0.137 e. The molecule has 4 heteroatoms. The molecule has 0 radical (unpaired) electrons. The number of rotatable bonds is 1. The van der Waals surface area contributed by atoms with Crippen molar-refractivity contribution < 1.29 is 4.74 Å². The van der Waals surface area contributed by atoms with Crippen LogP contribution in [0.25, 0.3) is 10.8 Å². The van der Waals surface area contributed by atoms with Gasteiger partial charge >= 0.3 is 0 Å². The van der Waals surface area contributed by atoms with Gasteiger partial charge in [-0.05, 0) is 6.07 Å². The van der Waals surface area contributed by atoms with Crippen LogP contribution in [0.15, 0.2) is 24.4 Å². The van der Waals surface area contributed by atoms with Gasteiger partial charge in [-0.2, -0.15) is 0 Å². The number of ether oxygens (including phenoxy) is 1. The van der Waals surface area contributed by atoms with Gasteiger partial charge < -0.3 is 10.5 Å². The van der Waals surface area contributed by atoms with E-state index in [0.29, 0.717) is 16.6 Å². The molecule has 0 amide bonds. The summed E-state index contributed by atoms with van der Waals surface area (Å²) in [6.45, 7) is 0. The Bertz CT molecular complexity index is 485. The van der Waals surface area contributed by atoms with Crippen LogP contribution in [-0.4, -0.2) is 12.1 Å². The Labute approximate surface area is 86.5 Å². The van der Waals surface area contributed by atoms with E-state index >= 15 is 0 Å². The van der Waals surface area contributed by atoms with Crippen molar-refractivity contribution in [3.05, 3.63) is 29.5 Å². The van der Waals surface area contributed by atoms with Gasteiger partial charge in [0.1, 0.15) is 10.9 Å². The number of hydrogen-bond acceptors (Lipinski definition) is 3. The van der Waals surface area contributed by atoms with Gasteiger partial charge in [0.15, 0.2) is 0 Å². The van der Waals surface area contributed by atoms with E-state index in [-0.39, 0.29) is 0 Å². The third-order valence-corrected chi connectivity index (χ3v) is 2.38. The number of nitrogens with zero attached hydrogens (tertiary/aromatic N) is 1. The Balaban J connectivity index is 2.92. The Kier molecular flexibility index (Phi) is 2.17. The largest absolute Gasteiger partial charge is 0.496 e. The highest BCUT2D eigenvalue weighted by molar-refractivity contribution is 6.34. The molecule has 0 aliphatic rings. The molecule has 2 aromatic rings. The van der Waals surface area contributed by atoms with Crippen LogP contribution in [0.1, 0.15) is 0 Å². The molecule has 0 bridgehead atoms. The quantitative estimate of drug-likeness (QED) is 0.733. The lowest BCUT2D eigenvalue weighted by Gasteiger charge is -2.07. The molecule has 0 aliphatic heterocycles. The van der Waals surface area contributed by atoms with Gasteiger partial charge in [-0.15, -0.1) is 0 Å². The van der Waals surface area contributed by atoms with E-state index in [2.05, 4.69) is 4.98 Å². The van der Waals surface area contributed by atoms with E-state index in [1.54, 1.807) is 7.11 Å². The van der Waals surface area contributed by atoms with E-state index < -0.39 is 0 Å². The first-order chi connectivity index (χ1) is 6.74. The first-order valence-electron chi connectivity index (χ1n) is 4.10. The van der Waals surface area contributed by atoms with Crippen molar-refractivity contribution in [3.8, 4) is 5.75 Å². The number of aromatic nitrogens is 1.